The van der Waals surface area contributed by atoms with E-state index in [0.717, 1.165) is 18.4 Å². The minimum Gasteiger partial charge on any atom is -0.353 e. The number of carbonyl (C=O) groups excluding carboxylic acids is 1. The average molecular weight is 277 g/mol. The molecular weight excluding hydrogens is 260 g/mol. The van der Waals surface area contributed by atoms with Crippen molar-refractivity contribution in [1.82, 2.24) is 5.32 Å². The molecule has 3 nitrogen and oxygen atoms in total. The Balaban J connectivity index is 1.95. The number of benzene rings is 1. The molecule has 4 heteroatoms. The highest BCUT2D eigenvalue weighted by atomic mass is 35.5. The van der Waals surface area contributed by atoms with E-state index in [4.69, 9.17) is 11.6 Å². The van der Waals surface area contributed by atoms with Crippen LogP contribution < -0.4 is 5.32 Å². The van der Waals surface area contributed by atoms with E-state index in [1.807, 2.05) is 6.07 Å². The van der Waals surface area contributed by atoms with Crippen molar-refractivity contribution in [2.24, 2.45) is 0 Å². The molecular formula is C15H17ClN2O. The zero-order chi connectivity index (χ0) is 13.7. The number of hydrogen-bond acceptors (Lipinski definition) is 2. The predicted octanol–water partition coefficient (Wildman–Crippen LogP) is 3.40. The van der Waals surface area contributed by atoms with Crippen molar-refractivity contribution in [3.05, 3.63) is 34.9 Å². The Bertz CT molecular complexity index is 489. The van der Waals surface area contributed by atoms with Crippen LogP contribution >= 0.6 is 11.6 Å². The van der Waals surface area contributed by atoms with E-state index in [1.54, 1.807) is 18.2 Å². The fourth-order valence-electron chi connectivity index (χ4n) is 2.50. The maximum Gasteiger partial charge on any atom is 0.221 e. The van der Waals surface area contributed by atoms with Gasteiger partial charge < -0.3 is 5.32 Å². The van der Waals surface area contributed by atoms with Gasteiger partial charge in [-0.2, -0.15) is 5.26 Å². The summed E-state index contributed by atoms with van der Waals surface area (Å²) in [5.41, 5.74) is 0.802. The van der Waals surface area contributed by atoms with Crippen LogP contribution in [0.5, 0.6) is 0 Å². The van der Waals surface area contributed by atoms with Crippen molar-refractivity contribution in [2.45, 2.75) is 44.1 Å². The highest BCUT2D eigenvalue weighted by Crippen LogP contribution is 2.23. The van der Waals surface area contributed by atoms with E-state index in [9.17, 15) is 10.1 Å². The van der Waals surface area contributed by atoms with Crippen molar-refractivity contribution >= 4 is 17.5 Å². The van der Waals surface area contributed by atoms with Gasteiger partial charge in [-0.15, -0.1) is 0 Å². The molecule has 0 aliphatic heterocycles. The quantitative estimate of drug-likeness (QED) is 0.916. The Labute approximate surface area is 118 Å². The van der Waals surface area contributed by atoms with Gasteiger partial charge in [0.2, 0.25) is 5.91 Å². The van der Waals surface area contributed by atoms with Gasteiger partial charge in [0, 0.05) is 17.5 Å². The normalized spacial score (nSPS) is 16.8. The molecule has 2 rings (SSSR count). The molecule has 1 aliphatic rings. The third kappa shape index (κ3) is 3.97. The summed E-state index contributed by atoms with van der Waals surface area (Å²) in [6.07, 6.45) is 4.68. The van der Waals surface area contributed by atoms with E-state index >= 15 is 0 Å². The first-order valence-electron chi connectivity index (χ1n) is 6.63. The molecule has 1 aliphatic carbocycles. The average Bonchev–Trinajstić information content (AvgIpc) is 2.88. The molecule has 1 fully saturated rings. The lowest BCUT2D eigenvalue weighted by atomic mass is 9.97. The number of halogens is 1. The van der Waals surface area contributed by atoms with Crippen molar-refractivity contribution in [2.75, 3.05) is 0 Å². The zero-order valence-electron chi connectivity index (χ0n) is 10.7. The van der Waals surface area contributed by atoms with E-state index in [2.05, 4.69) is 11.4 Å². The van der Waals surface area contributed by atoms with Crippen molar-refractivity contribution in [1.29, 1.82) is 5.26 Å². The lowest BCUT2D eigenvalue weighted by Crippen LogP contribution is -2.33. The molecule has 19 heavy (non-hydrogen) atoms. The van der Waals surface area contributed by atoms with Crippen LogP contribution in [0.1, 0.15) is 43.6 Å². The molecule has 1 saturated carbocycles. The summed E-state index contributed by atoms with van der Waals surface area (Å²) in [5, 5.41) is 12.8. The first-order chi connectivity index (χ1) is 9.19. The number of nitriles is 1. The van der Waals surface area contributed by atoms with E-state index in [1.165, 1.54) is 12.8 Å². The van der Waals surface area contributed by atoms with Crippen LogP contribution in [0.2, 0.25) is 5.02 Å². The number of carbonyl (C=O) groups is 1. The molecule has 100 valence electrons. The van der Waals surface area contributed by atoms with Crippen molar-refractivity contribution < 1.29 is 4.79 Å². The third-order valence-electron chi connectivity index (χ3n) is 3.52. The van der Waals surface area contributed by atoms with Gasteiger partial charge >= 0.3 is 0 Å². The fraction of sp³-hybridized carbons (Fsp3) is 0.467. The smallest absolute Gasteiger partial charge is 0.221 e. The maximum absolute atomic E-state index is 11.9. The molecule has 1 aromatic rings. The highest BCUT2D eigenvalue weighted by molar-refractivity contribution is 6.30. The first kappa shape index (κ1) is 13.9. The molecule has 1 unspecified atom stereocenters. The molecule has 0 radical (unpaired) electrons. The number of nitrogens with zero attached hydrogens (tertiary/aromatic N) is 1. The van der Waals surface area contributed by atoms with Gasteiger partial charge in [-0.05, 0) is 30.5 Å². The second kappa shape index (κ2) is 6.58. The zero-order valence-corrected chi connectivity index (χ0v) is 11.5. The third-order valence-corrected chi connectivity index (χ3v) is 3.75. The molecule has 0 saturated heterocycles. The maximum atomic E-state index is 11.9. The molecule has 0 heterocycles. The minimum atomic E-state index is -0.430. The predicted molar refractivity (Wildman–Crippen MR) is 74.8 cm³/mol. The van der Waals surface area contributed by atoms with Gasteiger partial charge in [0.1, 0.15) is 0 Å². The number of nitrogens with one attached hydrogen (secondary N) is 1. The number of amides is 1. The summed E-state index contributed by atoms with van der Waals surface area (Å²) >= 11 is 5.91. The Hall–Kier alpha value is -1.53. The fourth-order valence-corrected chi connectivity index (χ4v) is 2.70. The Morgan fingerprint density at radius 2 is 2.21 bits per heavy atom. The van der Waals surface area contributed by atoms with Crippen LogP contribution in [0.25, 0.3) is 0 Å². The van der Waals surface area contributed by atoms with Gasteiger partial charge in [-0.1, -0.05) is 36.6 Å². The van der Waals surface area contributed by atoms with Gasteiger partial charge in [0.15, 0.2) is 0 Å². The van der Waals surface area contributed by atoms with Crippen molar-refractivity contribution in [3.63, 3.8) is 0 Å². The lowest BCUT2D eigenvalue weighted by Gasteiger charge is -2.14. The van der Waals surface area contributed by atoms with Crippen LogP contribution in [0.15, 0.2) is 24.3 Å². The van der Waals surface area contributed by atoms with Gasteiger partial charge in [-0.25, -0.2) is 0 Å². The molecule has 0 spiro atoms. The van der Waals surface area contributed by atoms with Crippen LogP contribution in [-0.2, 0) is 4.79 Å². The SMILES string of the molecule is N#CC(CC(=O)NC1CCCC1)c1cccc(Cl)c1. The Morgan fingerprint density at radius 1 is 1.47 bits per heavy atom. The van der Waals surface area contributed by atoms with E-state index in [-0.39, 0.29) is 12.3 Å². The van der Waals surface area contributed by atoms with Crippen LogP contribution in [0.4, 0.5) is 0 Å². The molecule has 0 bridgehead atoms. The monoisotopic (exact) mass is 276 g/mol. The lowest BCUT2D eigenvalue weighted by molar-refractivity contribution is -0.121. The molecule has 1 aromatic carbocycles. The second-order valence-corrected chi connectivity index (χ2v) is 5.43. The number of rotatable bonds is 4. The van der Waals surface area contributed by atoms with Crippen LogP contribution in [0, 0.1) is 11.3 Å². The van der Waals surface area contributed by atoms with E-state index in [0.29, 0.717) is 11.1 Å². The van der Waals surface area contributed by atoms with E-state index < -0.39 is 5.92 Å². The minimum absolute atomic E-state index is 0.0431. The van der Waals surface area contributed by atoms with Crippen molar-refractivity contribution in [3.8, 4) is 6.07 Å². The van der Waals surface area contributed by atoms with Gasteiger partial charge in [0.25, 0.3) is 0 Å². The van der Waals surface area contributed by atoms with Crippen LogP contribution in [-0.4, -0.2) is 11.9 Å². The standard InChI is InChI=1S/C15H17ClN2O/c16-13-5-3-4-11(8-13)12(10-17)9-15(19)18-14-6-1-2-7-14/h3-5,8,12,14H,1-2,6-7,9H2,(H,18,19). The summed E-state index contributed by atoms with van der Waals surface area (Å²) in [6.45, 7) is 0. The molecule has 0 aromatic heterocycles. The second-order valence-electron chi connectivity index (χ2n) is 4.99. The topological polar surface area (TPSA) is 52.9 Å². The van der Waals surface area contributed by atoms with Gasteiger partial charge in [-0.3, -0.25) is 4.79 Å². The van der Waals surface area contributed by atoms with Crippen LogP contribution in [0.3, 0.4) is 0 Å². The summed E-state index contributed by atoms with van der Waals surface area (Å²) in [7, 11) is 0. The Kier molecular flexibility index (Phi) is 4.81. The van der Waals surface area contributed by atoms with Gasteiger partial charge in [0.05, 0.1) is 12.0 Å². The summed E-state index contributed by atoms with van der Waals surface area (Å²) in [6, 6.07) is 9.63. The molecule has 1 amide bonds. The summed E-state index contributed by atoms with van der Waals surface area (Å²) in [5.74, 6) is -0.474. The highest BCUT2D eigenvalue weighted by Gasteiger charge is 2.20. The first-order valence-corrected chi connectivity index (χ1v) is 7.01. The molecule has 1 atom stereocenters. The Morgan fingerprint density at radius 3 is 2.84 bits per heavy atom. The number of hydrogen-bond donors (Lipinski definition) is 1. The largest absolute Gasteiger partial charge is 0.353 e. The summed E-state index contributed by atoms with van der Waals surface area (Å²) < 4.78 is 0. The molecule has 1 N–H and O–H groups in total. The summed E-state index contributed by atoms with van der Waals surface area (Å²) in [4.78, 5) is 11.9.